The van der Waals surface area contributed by atoms with E-state index in [-0.39, 0.29) is 5.91 Å². The van der Waals surface area contributed by atoms with E-state index < -0.39 is 0 Å². The van der Waals surface area contributed by atoms with E-state index >= 15 is 0 Å². The maximum absolute atomic E-state index is 12.3. The Bertz CT molecular complexity index is 896. The van der Waals surface area contributed by atoms with Crippen LogP contribution in [0.1, 0.15) is 37.0 Å². The molecule has 124 valence electrons. The number of carbonyl (C=O) groups excluding carboxylic acids is 1. The first-order chi connectivity index (χ1) is 11.4. The molecule has 1 aromatic carbocycles. The van der Waals surface area contributed by atoms with Crippen molar-refractivity contribution in [3.63, 3.8) is 0 Å². The molecule has 0 aliphatic carbocycles. The topological polar surface area (TPSA) is 59.8 Å². The maximum atomic E-state index is 12.3. The molecule has 5 heteroatoms. The summed E-state index contributed by atoms with van der Waals surface area (Å²) in [5.74, 6) is 0.953. The van der Waals surface area contributed by atoms with Gasteiger partial charge in [0.25, 0.3) is 0 Å². The molecule has 0 radical (unpaired) electrons. The SMILES string of the molecule is Cc1cc(NC(=O)Cc2ccc3c(c2)nc(C)n3C(C)C)ccn1. The molecule has 3 aromatic rings. The lowest BCUT2D eigenvalue weighted by molar-refractivity contribution is -0.115. The van der Waals surface area contributed by atoms with Gasteiger partial charge in [0.1, 0.15) is 5.82 Å². The zero-order valence-electron chi connectivity index (χ0n) is 14.5. The molecule has 0 atom stereocenters. The molecule has 0 spiro atoms. The minimum absolute atomic E-state index is 0.0417. The Hall–Kier alpha value is -2.69. The molecule has 3 rings (SSSR count). The fourth-order valence-electron chi connectivity index (χ4n) is 3.04. The Morgan fingerprint density at radius 2 is 2.00 bits per heavy atom. The van der Waals surface area contributed by atoms with E-state index in [1.54, 1.807) is 12.3 Å². The highest BCUT2D eigenvalue weighted by molar-refractivity contribution is 5.92. The lowest BCUT2D eigenvalue weighted by Crippen LogP contribution is -2.14. The largest absolute Gasteiger partial charge is 0.326 e. The van der Waals surface area contributed by atoms with Gasteiger partial charge in [-0.25, -0.2) is 4.98 Å². The second-order valence-corrected chi connectivity index (χ2v) is 6.36. The number of nitrogens with zero attached hydrogens (tertiary/aromatic N) is 3. The van der Waals surface area contributed by atoms with Crippen LogP contribution in [0.15, 0.2) is 36.5 Å². The van der Waals surface area contributed by atoms with Crippen LogP contribution in [0.2, 0.25) is 0 Å². The van der Waals surface area contributed by atoms with Gasteiger partial charge in [-0.2, -0.15) is 0 Å². The molecule has 2 aromatic heterocycles. The summed E-state index contributed by atoms with van der Waals surface area (Å²) in [4.78, 5) is 21.0. The average molecular weight is 322 g/mol. The number of amides is 1. The molecule has 1 amide bonds. The van der Waals surface area contributed by atoms with Gasteiger partial charge < -0.3 is 9.88 Å². The number of fused-ring (bicyclic) bond motifs is 1. The van der Waals surface area contributed by atoms with Crippen LogP contribution in [0.3, 0.4) is 0 Å². The Labute approximate surface area is 141 Å². The van der Waals surface area contributed by atoms with Crippen LogP contribution in [0.25, 0.3) is 11.0 Å². The third-order valence-corrected chi connectivity index (χ3v) is 3.99. The van der Waals surface area contributed by atoms with Gasteiger partial charge in [0, 0.05) is 23.6 Å². The van der Waals surface area contributed by atoms with Gasteiger partial charge in [0.15, 0.2) is 0 Å². The smallest absolute Gasteiger partial charge is 0.228 e. The van der Waals surface area contributed by atoms with Crippen molar-refractivity contribution in [2.24, 2.45) is 0 Å². The Morgan fingerprint density at radius 3 is 2.71 bits per heavy atom. The molecule has 0 unspecified atom stereocenters. The van der Waals surface area contributed by atoms with Crippen molar-refractivity contribution in [1.29, 1.82) is 0 Å². The van der Waals surface area contributed by atoms with Gasteiger partial charge in [-0.05, 0) is 57.5 Å². The summed E-state index contributed by atoms with van der Waals surface area (Å²) in [6.45, 7) is 8.20. The molecule has 0 fully saturated rings. The van der Waals surface area contributed by atoms with Gasteiger partial charge in [0.2, 0.25) is 5.91 Å². The first-order valence-corrected chi connectivity index (χ1v) is 8.14. The molecule has 0 saturated carbocycles. The Morgan fingerprint density at radius 1 is 1.21 bits per heavy atom. The molecule has 5 nitrogen and oxygen atoms in total. The highest BCUT2D eigenvalue weighted by Crippen LogP contribution is 2.22. The van der Waals surface area contributed by atoms with E-state index in [0.29, 0.717) is 12.5 Å². The van der Waals surface area contributed by atoms with Crippen molar-refractivity contribution in [3.05, 3.63) is 53.6 Å². The van der Waals surface area contributed by atoms with Crippen LogP contribution >= 0.6 is 0 Å². The van der Waals surface area contributed by atoms with Crippen molar-refractivity contribution in [3.8, 4) is 0 Å². The van der Waals surface area contributed by atoms with Gasteiger partial charge in [-0.3, -0.25) is 9.78 Å². The fourth-order valence-corrected chi connectivity index (χ4v) is 3.04. The predicted molar refractivity (Wildman–Crippen MR) is 96.2 cm³/mol. The van der Waals surface area contributed by atoms with Crippen LogP contribution < -0.4 is 5.32 Å². The van der Waals surface area contributed by atoms with E-state index in [1.807, 2.05) is 32.0 Å². The number of hydrogen-bond acceptors (Lipinski definition) is 3. The van der Waals surface area contributed by atoms with Crippen LogP contribution in [0.5, 0.6) is 0 Å². The molecular weight excluding hydrogens is 300 g/mol. The van der Waals surface area contributed by atoms with Crippen molar-refractivity contribution in [2.75, 3.05) is 5.32 Å². The van der Waals surface area contributed by atoms with Gasteiger partial charge in [-0.15, -0.1) is 0 Å². The second kappa shape index (κ2) is 6.43. The molecule has 0 bridgehead atoms. The van der Waals surface area contributed by atoms with Crippen LogP contribution in [-0.2, 0) is 11.2 Å². The highest BCUT2D eigenvalue weighted by Gasteiger charge is 2.12. The maximum Gasteiger partial charge on any atom is 0.228 e. The molecule has 0 saturated heterocycles. The van der Waals surface area contributed by atoms with Gasteiger partial charge in [-0.1, -0.05) is 6.07 Å². The number of hydrogen-bond donors (Lipinski definition) is 1. The number of benzene rings is 1. The normalized spacial score (nSPS) is 11.2. The third-order valence-electron chi connectivity index (χ3n) is 3.99. The van der Waals surface area contributed by atoms with Gasteiger partial charge >= 0.3 is 0 Å². The zero-order valence-corrected chi connectivity index (χ0v) is 14.5. The van der Waals surface area contributed by atoms with E-state index in [0.717, 1.165) is 33.8 Å². The van der Waals surface area contributed by atoms with Crippen molar-refractivity contribution in [1.82, 2.24) is 14.5 Å². The van der Waals surface area contributed by atoms with Gasteiger partial charge in [0.05, 0.1) is 17.5 Å². The summed E-state index contributed by atoms with van der Waals surface area (Å²) in [5, 5.41) is 2.91. The summed E-state index contributed by atoms with van der Waals surface area (Å²) in [5.41, 5.74) is 4.65. The summed E-state index contributed by atoms with van der Waals surface area (Å²) in [6.07, 6.45) is 2.02. The zero-order chi connectivity index (χ0) is 17.3. The molecular formula is C19H22N4O. The molecule has 1 N–H and O–H groups in total. The summed E-state index contributed by atoms with van der Waals surface area (Å²) < 4.78 is 2.21. The van der Waals surface area contributed by atoms with E-state index in [9.17, 15) is 4.79 Å². The number of carbonyl (C=O) groups is 1. The minimum Gasteiger partial charge on any atom is -0.326 e. The van der Waals surface area contributed by atoms with E-state index in [1.165, 1.54) is 0 Å². The second-order valence-electron chi connectivity index (χ2n) is 6.36. The average Bonchev–Trinajstić information content (AvgIpc) is 2.82. The number of rotatable bonds is 4. The molecule has 24 heavy (non-hydrogen) atoms. The standard InChI is InChI=1S/C19H22N4O/c1-12(2)23-14(4)21-17-10-15(5-6-18(17)23)11-19(24)22-16-7-8-20-13(3)9-16/h5-10,12H,11H2,1-4H3,(H,20,22,24). The molecule has 0 aliphatic rings. The number of anilines is 1. The molecule has 2 heterocycles. The summed E-state index contributed by atoms with van der Waals surface area (Å²) >= 11 is 0. The van der Waals surface area contributed by atoms with Crippen molar-refractivity contribution < 1.29 is 4.79 Å². The summed E-state index contributed by atoms with van der Waals surface area (Å²) in [7, 11) is 0. The fraction of sp³-hybridized carbons (Fsp3) is 0.316. The van der Waals surface area contributed by atoms with E-state index in [2.05, 4.69) is 39.8 Å². The van der Waals surface area contributed by atoms with Crippen LogP contribution in [0, 0.1) is 13.8 Å². The number of imidazole rings is 1. The first kappa shape index (κ1) is 16.2. The number of pyridine rings is 1. The third kappa shape index (κ3) is 3.30. The predicted octanol–water partition coefficient (Wildman–Crippen LogP) is 3.81. The monoisotopic (exact) mass is 322 g/mol. The van der Waals surface area contributed by atoms with Crippen molar-refractivity contribution >= 4 is 22.6 Å². The number of aryl methyl sites for hydroxylation is 2. The quantitative estimate of drug-likeness (QED) is 0.794. The Balaban J connectivity index is 1.79. The van der Waals surface area contributed by atoms with Crippen molar-refractivity contribution in [2.45, 2.75) is 40.2 Å². The van der Waals surface area contributed by atoms with Crippen LogP contribution in [0.4, 0.5) is 5.69 Å². The Kier molecular flexibility index (Phi) is 4.34. The first-order valence-electron chi connectivity index (χ1n) is 8.14. The molecule has 0 aliphatic heterocycles. The number of nitrogens with one attached hydrogen (secondary N) is 1. The van der Waals surface area contributed by atoms with E-state index in [4.69, 9.17) is 0 Å². The highest BCUT2D eigenvalue weighted by atomic mass is 16.1. The van der Waals surface area contributed by atoms with Crippen LogP contribution in [-0.4, -0.2) is 20.4 Å². The lowest BCUT2D eigenvalue weighted by Gasteiger charge is -2.11. The number of aromatic nitrogens is 3. The lowest BCUT2D eigenvalue weighted by atomic mass is 10.1. The summed E-state index contributed by atoms with van der Waals surface area (Å²) in [6, 6.07) is 10.1. The minimum atomic E-state index is -0.0417.